The van der Waals surface area contributed by atoms with Crippen LogP contribution in [0.2, 0.25) is 0 Å². The van der Waals surface area contributed by atoms with Crippen LogP contribution in [-0.4, -0.2) is 26.3 Å². The molecule has 0 bridgehead atoms. The smallest absolute Gasteiger partial charge is 0.161 e. The van der Waals surface area contributed by atoms with Crippen LogP contribution in [0, 0.1) is 0 Å². The van der Waals surface area contributed by atoms with Crippen molar-refractivity contribution in [2.24, 2.45) is 0 Å². The van der Waals surface area contributed by atoms with E-state index >= 15 is 0 Å². The average Bonchev–Trinajstić information content (AvgIpc) is 3.25. The lowest BCUT2D eigenvalue weighted by molar-refractivity contribution is 0.294. The Morgan fingerprint density at radius 2 is 2.16 bits per heavy atom. The summed E-state index contributed by atoms with van der Waals surface area (Å²) in [5.41, 5.74) is 1.14. The van der Waals surface area contributed by atoms with Crippen molar-refractivity contribution in [3.05, 3.63) is 29.8 Å². The van der Waals surface area contributed by atoms with Gasteiger partial charge in [-0.1, -0.05) is 25.1 Å². The van der Waals surface area contributed by atoms with Crippen molar-refractivity contribution in [1.82, 2.24) is 5.32 Å². The fraction of sp³-hybridized carbons (Fsp3) is 0.500. The molecule has 0 spiro atoms. The molecule has 1 fully saturated rings. The Hall–Kier alpha value is -1.48. The maximum Gasteiger partial charge on any atom is 0.161 e. The number of rotatable bonds is 8. The van der Waals surface area contributed by atoms with Gasteiger partial charge in [0.1, 0.15) is 0 Å². The Morgan fingerprint density at radius 3 is 2.84 bits per heavy atom. The van der Waals surface area contributed by atoms with Gasteiger partial charge in [0.25, 0.3) is 0 Å². The van der Waals surface area contributed by atoms with Crippen LogP contribution in [0.4, 0.5) is 0 Å². The normalized spacial score (nSPS) is 14.8. The molecule has 3 nitrogen and oxygen atoms in total. The molecule has 3 heteroatoms. The third-order valence-corrected chi connectivity index (χ3v) is 3.06. The maximum atomic E-state index is 5.70. The molecule has 1 aromatic carbocycles. The molecule has 0 heterocycles. The van der Waals surface area contributed by atoms with Crippen molar-refractivity contribution in [3.8, 4) is 11.5 Å². The van der Waals surface area contributed by atoms with Gasteiger partial charge in [-0.2, -0.15) is 0 Å². The van der Waals surface area contributed by atoms with E-state index in [1.165, 1.54) is 12.8 Å². The predicted octanol–water partition coefficient (Wildman–Crippen LogP) is 3.25. The van der Waals surface area contributed by atoms with Crippen molar-refractivity contribution < 1.29 is 9.47 Å². The molecule has 0 aliphatic heterocycles. The lowest BCUT2D eigenvalue weighted by Crippen LogP contribution is -2.15. The minimum atomic E-state index is 0.715. The zero-order chi connectivity index (χ0) is 13.5. The van der Waals surface area contributed by atoms with Crippen LogP contribution in [0.3, 0.4) is 0 Å². The molecule has 0 atom stereocenters. The molecule has 2 rings (SSSR count). The number of nitrogens with one attached hydrogen (secondary N) is 1. The Morgan fingerprint density at radius 1 is 1.32 bits per heavy atom. The van der Waals surface area contributed by atoms with E-state index in [2.05, 4.69) is 24.4 Å². The van der Waals surface area contributed by atoms with Crippen LogP contribution in [0.1, 0.15) is 31.7 Å². The molecule has 0 unspecified atom stereocenters. The van der Waals surface area contributed by atoms with Crippen LogP contribution >= 0.6 is 0 Å². The summed E-state index contributed by atoms with van der Waals surface area (Å²) in [5, 5.41) is 3.46. The minimum Gasteiger partial charge on any atom is -0.493 e. The zero-order valence-electron chi connectivity index (χ0n) is 11.8. The van der Waals surface area contributed by atoms with Gasteiger partial charge < -0.3 is 14.8 Å². The summed E-state index contributed by atoms with van der Waals surface area (Å²) in [5.74, 6) is 1.61. The van der Waals surface area contributed by atoms with E-state index in [0.717, 1.165) is 36.1 Å². The van der Waals surface area contributed by atoms with E-state index in [-0.39, 0.29) is 0 Å². The van der Waals surface area contributed by atoms with Gasteiger partial charge in [-0.25, -0.2) is 0 Å². The molecule has 19 heavy (non-hydrogen) atoms. The van der Waals surface area contributed by atoms with Crippen LogP contribution < -0.4 is 14.8 Å². The van der Waals surface area contributed by atoms with Gasteiger partial charge in [0.2, 0.25) is 0 Å². The fourth-order valence-electron chi connectivity index (χ4n) is 1.84. The monoisotopic (exact) mass is 261 g/mol. The van der Waals surface area contributed by atoms with E-state index in [0.29, 0.717) is 6.61 Å². The first-order valence-corrected chi connectivity index (χ1v) is 7.04. The second-order valence-electron chi connectivity index (χ2n) is 4.84. The Bertz CT molecular complexity index is 425. The van der Waals surface area contributed by atoms with E-state index in [1.807, 2.05) is 18.2 Å². The van der Waals surface area contributed by atoms with Crippen LogP contribution in [0.15, 0.2) is 24.3 Å². The summed E-state index contributed by atoms with van der Waals surface area (Å²) in [6, 6.07) is 6.79. The van der Waals surface area contributed by atoms with Crippen LogP contribution in [0.25, 0.3) is 6.08 Å². The SMILES string of the molecule is CCCOc1cc(C=CCNC2CC2)ccc1OC. The maximum absolute atomic E-state index is 5.70. The van der Waals surface area contributed by atoms with Crippen molar-refractivity contribution in [2.45, 2.75) is 32.2 Å². The second-order valence-corrected chi connectivity index (χ2v) is 4.84. The molecule has 1 aromatic rings. The molecular formula is C16H23NO2. The first-order chi connectivity index (χ1) is 9.33. The number of benzene rings is 1. The zero-order valence-corrected chi connectivity index (χ0v) is 11.8. The first kappa shape index (κ1) is 13.9. The van der Waals surface area contributed by atoms with Crippen LogP contribution in [-0.2, 0) is 0 Å². The first-order valence-electron chi connectivity index (χ1n) is 7.04. The molecule has 0 saturated heterocycles. The van der Waals surface area contributed by atoms with Gasteiger partial charge in [0.15, 0.2) is 11.5 Å². The van der Waals surface area contributed by atoms with Gasteiger partial charge in [0.05, 0.1) is 13.7 Å². The predicted molar refractivity (Wildman–Crippen MR) is 78.8 cm³/mol. The largest absolute Gasteiger partial charge is 0.493 e. The summed E-state index contributed by atoms with van der Waals surface area (Å²) in [6.07, 6.45) is 7.92. The highest BCUT2D eigenvalue weighted by atomic mass is 16.5. The van der Waals surface area contributed by atoms with Gasteiger partial charge in [0, 0.05) is 12.6 Å². The molecule has 1 saturated carbocycles. The minimum absolute atomic E-state index is 0.715. The molecule has 1 N–H and O–H groups in total. The van der Waals surface area contributed by atoms with E-state index in [1.54, 1.807) is 7.11 Å². The third-order valence-electron chi connectivity index (χ3n) is 3.06. The molecule has 0 amide bonds. The fourth-order valence-corrected chi connectivity index (χ4v) is 1.84. The Labute approximate surface area is 115 Å². The standard InChI is InChI=1S/C16H23NO2/c1-3-11-19-16-12-13(6-9-15(16)18-2)5-4-10-17-14-7-8-14/h4-6,9,12,14,17H,3,7-8,10-11H2,1-2H3. The second kappa shape index (κ2) is 7.19. The number of hydrogen-bond acceptors (Lipinski definition) is 3. The Kier molecular flexibility index (Phi) is 5.28. The number of ether oxygens (including phenoxy) is 2. The molecule has 104 valence electrons. The van der Waals surface area contributed by atoms with Gasteiger partial charge in [-0.15, -0.1) is 0 Å². The summed E-state index contributed by atoms with van der Waals surface area (Å²) in [6.45, 7) is 3.74. The van der Waals surface area contributed by atoms with Crippen molar-refractivity contribution in [2.75, 3.05) is 20.3 Å². The average molecular weight is 261 g/mol. The van der Waals surface area contributed by atoms with E-state index in [9.17, 15) is 0 Å². The molecule has 1 aliphatic rings. The highest BCUT2D eigenvalue weighted by molar-refractivity contribution is 5.56. The molecular weight excluding hydrogens is 238 g/mol. The van der Waals surface area contributed by atoms with E-state index < -0.39 is 0 Å². The number of methoxy groups -OCH3 is 1. The van der Waals surface area contributed by atoms with E-state index in [4.69, 9.17) is 9.47 Å². The summed E-state index contributed by atoms with van der Waals surface area (Å²) in [4.78, 5) is 0. The summed E-state index contributed by atoms with van der Waals surface area (Å²) < 4.78 is 11.0. The molecule has 0 aromatic heterocycles. The lowest BCUT2D eigenvalue weighted by atomic mass is 10.2. The topological polar surface area (TPSA) is 30.5 Å². The quantitative estimate of drug-likeness (QED) is 0.779. The number of hydrogen-bond donors (Lipinski definition) is 1. The van der Waals surface area contributed by atoms with Crippen molar-refractivity contribution in [3.63, 3.8) is 0 Å². The molecule has 0 radical (unpaired) electrons. The highest BCUT2D eigenvalue weighted by Gasteiger charge is 2.18. The van der Waals surface area contributed by atoms with Gasteiger partial charge in [-0.05, 0) is 37.0 Å². The third kappa shape index (κ3) is 4.60. The highest BCUT2D eigenvalue weighted by Crippen LogP contribution is 2.28. The summed E-state index contributed by atoms with van der Waals surface area (Å²) in [7, 11) is 1.67. The summed E-state index contributed by atoms with van der Waals surface area (Å²) >= 11 is 0. The van der Waals surface area contributed by atoms with Gasteiger partial charge >= 0.3 is 0 Å². The molecule has 1 aliphatic carbocycles. The van der Waals surface area contributed by atoms with Gasteiger partial charge in [-0.3, -0.25) is 0 Å². The van der Waals surface area contributed by atoms with Crippen molar-refractivity contribution in [1.29, 1.82) is 0 Å². The van der Waals surface area contributed by atoms with Crippen molar-refractivity contribution >= 4 is 6.08 Å². The van der Waals surface area contributed by atoms with Crippen LogP contribution in [0.5, 0.6) is 11.5 Å². The lowest BCUT2D eigenvalue weighted by Gasteiger charge is -2.10. The Balaban J connectivity index is 1.94.